The summed E-state index contributed by atoms with van der Waals surface area (Å²) in [5, 5.41) is 20.1. The van der Waals surface area contributed by atoms with E-state index in [1.807, 2.05) is 11.0 Å². The molecule has 21 heavy (non-hydrogen) atoms. The van der Waals surface area contributed by atoms with Crippen LogP contribution in [-0.2, 0) is 0 Å². The molecule has 1 rings (SSSR count). The molecule has 8 nitrogen and oxygen atoms in total. The summed E-state index contributed by atoms with van der Waals surface area (Å²) in [5.74, 6) is 0. The first-order valence-electron chi connectivity index (χ1n) is 7.13. The fourth-order valence-corrected chi connectivity index (χ4v) is 2.22. The number of hydrogen-bond donors (Lipinski definition) is 2. The molecule has 1 aliphatic heterocycles. The van der Waals surface area contributed by atoms with E-state index >= 15 is 0 Å². The minimum Gasteiger partial charge on any atom is -0.329 e. The van der Waals surface area contributed by atoms with Gasteiger partial charge in [-0.25, -0.2) is 4.79 Å². The molecule has 1 fully saturated rings. The van der Waals surface area contributed by atoms with E-state index in [-0.39, 0.29) is 6.03 Å². The molecule has 1 heterocycles. The fraction of sp³-hybridized carbons (Fsp3) is 0.769. The number of carbonyl (C=O) groups is 1. The van der Waals surface area contributed by atoms with Crippen molar-refractivity contribution in [2.75, 3.05) is 65.4 Å². The highest BCUT2D eigenvalue weighted by atomic mass is 16.2. The van der Waals surface area contributed by atoms with Crippen molar-refractivity contribution in [3.05, 3.63) is 0 Å². The van der Waals surface area contributed by atoms with Crippen molar-refractivity contribution in [1.29, 1.82) is 10.5 Å². The Labute approximate surface area is 125 Å². The molecule has 116 valence electrons. The number of nitrogens with one attached hydrogen (secondary N) is 1. The number of nitrogens with zero attached hydrogens (tertiary/aromatic N) is 5. The average molecular weight is 293 g/mol. The molecule has 0 aromatic heterocycles. The van der Waals surface area contributed by atoms with Crippen LogP contribution in [0.1, 0.15) is 0 Å². The molecule has 2 amide bonds. The highest BCUT2D eigenvalue weighted by Gasteiger charge is 2.27. The standard InChI is InChI=1S/C13H23N7O/c14-1-4-17-5-8-19-11-12-20(13(19)21)10-9-18(6-2-15)7-3-16/h17H,2,4-12,15H2. The van der Waals surface area contributed by atoms with Crippen LogP contribution in [0.3, 0.4) is 0 Å². The van der Waals surface area contributed by atoms with Crippen LogP contribution in [0.4, 0.5) is 4.79 Å². The number of carbonyl (C=O) groups excluding carboxylic acids is 1. The molecule has 0 unspecified atom stereocenters. The van der Waals surface area contributed by atoms with E-state index in [0.717, 1.165) is 0 Å². The van der Waals surface area contributed by atoms with E-state index in [1.165, 1.54) is 0 Å². The third-order valence-electron chi connectivity index (χ3n) is 3.37. The second-order valence-electron chi connectivity index (χ2n) is 4.81. The van der Waals surface area contributed by atoms with Crippen molar-refractivity contribution < 1.29 is 4.79 Å². The summed E-state index contributed by atoms with van der Waals surface area (Å²) in [5.41, 5.74) is 5.50. The molecule has 0 aromatic carbocycles. The van der Waals surface area contributed by atoms with Gasteiger partial charge in [0.2, 0.25) is 0 Å². The van der Waals surface area contributed by atoms with E-state index in [2.05, 4.69) is 11.4 Å². The number of amides is 2. The first kappa shape index (κ1) is 17.2. The molecule has 1 aliphatic rings. The zero-order valence-corrected chi connectivity index (χ0v) is 12.3. The van der Waals surface area contributed by atoms with Gasteiger partial charge in [0.25, 0.3) is 0 Å². The Morgan fingerprint density at radius 1 is 1.19 bits per heavy atom. The van der Waals surface area contributed by atoms with Gasteiger partial charge in [0.1, 0.15) is 0 Å². The third-order valence-corrected chi connectivity index (χ3v) is 3.37. The normalized spacial score (nSPS) is 14.6. The summed E-state index contributed by atoms with van der Waals surface area (Å²) >= 11 is 0. The minimum absolute atomic E-state index is 0.0263. The van der Waals surface area contributed by atoms with Gasteiger partial charge in [-0.05, 0) is 0 Å². The maximum atomic E-state index is 12.1. The number of rotatable bonds is 10. The van der Waals surface area contributed by atoms with Gasteiger partial charge in [-0.1, -0.05) is 0 Å². The van der Waals surface area contributed by atoms with Gasteiger partial charge in [-0.15, -0.1) is 0 Å². The van der Waals surface area contributed by atoms with Crippen LogP contribution in [0, 0.1) is 22.7 Å². The monoisotopic (exact) mass is 293 g/mol. The summed E-state index contributed by atoms with van der Waals surface area (Å²) < 4.78 is 0. The smallest absolute Gasteiger partial charge is 0.320 e. The van der Waals surface area contributed by atoms with Crippen LogP contribution in [0.2, 0.25) is 0 Å². The van der Waals surface area contributed by atoms with Gasteiger partial charge in [0, 0.05) is 52.4 Å². The number of urea groups is 1. The molecule has 8 heteroatoms. The van der Waals surface area contributed by atoms with Gasteiger partial charge in [0.05, 0.1) is 25.2 Å². The van der Waals surface area contributed by atoms with Crippen molar-refractivity contribution in [3.8, 4) is 12.1 Å². The van der Waals surface area contributed by atoms with Crippen molar-refractivity contribution >= 4 is 6.03 Å². The second-order valence-corrected chi connectivity index (χ2v) is 4.81. The third kappa shape index (κ3) is 5.96. The lowest BCUT2D eigenvalue weighted by Crippen LogP contribution is -2.41. The summed E-state index contributed by atoms with van der Waals surface area (Å²) in [6.07, 6.45) is 0. The molecular formula is C13H23N7O. The Bertz CT molecular complexity index is 400. The van der Waals surface area contributed by atoms with Gasteiger partial charge in [-0.2, -0.15) is 10.5 Å². The largest absolute Gasteiger partial charge is 0.329 e. The topological polar surface area (TPSA) is 112 Å². The fourth-order valence-electron chi connectivity index (χ4n) is 2.22. The van der Waals surface area contributed by atoms with E-state index in [4.69, 9.17) is 16.3 Å². The quantitative estimate of drug-likeness (QED) is 0.379. The molecule has 0 aromatic rings. The number of nitriles is 2. The van der Waals surface area contributed by atoms with E-state index in [0.29, 0.717) is 65.4 Å². The second kappa shape index (κ2) is 9.94. The van der Waals surface area contributed by atoms with Crippen LogP contribution in [-0.4, -0.2) is 86.2 Å². The Hall–Kier alpha value is -1.87. The molecule has 0 saturated carbocycles. The zero-order chi connectivity index (χ0) is 15.5. The van der Waals surface area contributed by atoms with Gasteiger partial charge < -0.3 is 20.9 Å². The van der Waals surface area contributed by atoms with Crippen molar-refractivity contribution in [2.45, 2.75) is 0 Å². The molecule has 0 bridgehead atoms. The van der Waals surface area contributed by atoms with Crippen LogP contribution >= 0.6 is 0 Å². The Balaban J connectivity index is 2.29. The molecule has 0 aliphatic carbocycles. The number of nitrogens with two attached hydrogens (primary N) is 1. The molecule has 3 N–H and O–H groups in total. The van der Waals surface area contributed by atoms with E-state index < -0.39 is 0 Å². The maximum absolute atomic E-state index is 12.1. The Kier molecular flexibility index (Phi) is 8.14. The summed E-state index contributed by atoms with van der Waals surface area (Å²) in [6, 6.07) is 4.14. The molecule has 0 spiro atoms. The van der Waals surface area contributed by atoms with Crippen LogP contribution in [0.5, 0.6) is 0 Å². The SMILES string of the molecule is N#CCNCCN1CCN(CCN(CC#N)CCN)C1=O. The van der Waals surface area contributed by atoms with Gasteiger partial charge in [0.15, 0.2) is 0 Å². The lowest BCUT2D eigenvalue weighted by molar-refractivity contribution is 0.185. The Morgan fingerprint density at radius 2 is 1.90 bits per heavy atom. The van der Waals surface area contributed by atoms with Crippen LogP contribution < -0.4 is 11.1 Å². The zero-order valence-electron chi connectivity index (χ0n) is 12.3. The van der Waals surface area contributed by atoms with Crippen molar-refractivity contribution in [3.63, 3.8) is 0 Å². The summed E-state index contributed by atoms with van der Waals surface area (Å²) in [4.78, 5) is 17.7. The predicted octanol–water partition coefficient (Wildman–Crippen LogP) is -1.38. The van der Waals surface area contributed by atoms with Crippen LogP contribution in [0.25, 0.3) is 0 Å². The highest BCUT2D eigenvalue weighted by Crippen LogP contribution is 2.07. The van der Waals surface area contributed by atoms with Crippen LogP contribution in [0.15, 0.2) is 0 Å². The van der Waals surface area contributed by atoms with Crippen molar-refractivity contribution in [2.24, 2.45) is 5.73 Å². The Morgan fingerprint density at radius 3 is 2.52 bits per heavy atom. The van der Waals surface area contributed by atoms with E-state index in [1.54, 1.807) is 9.80 Å². The summed E-state index contributed by atoms with van der Waals surface area (Å²) in [6.45, 7) is 5.74. The summed E-state index contributed by atoms with van der Waals surface area (Å²) in [7, 11) is 0. The molecule has 1 saturated heterocycles. The van der Waals surface area contributed by atoms with Gasteiger partial charge >= 0.3 is 6.03 Å². The minimum atomic E-state index is 0.0263. The molecule has 0 radical (unpaired) electrons. The number of hydrogen-bond acceptors (Lipinski definition) is 6. The van der Waals surface area contributed by atoms with Gasteiger partial charge in [-0.3, -0.25) is 4.90 Å². The average Bonchev–Trinajstić information content (AvgIpc) is 2.82. The van der Waals surface area contributed by atoms with E-state index in [9.17, 15) is 4.79 Å². The maximum Gasteiger partial charge on any atom is 0.320 e. The first-order valence-corrected chi connectivity index (χ1v) is 7.13. The molecular weight excluding hydrogens is 270 g/mol. The van der Waals surface area contributed by atoms with Crippen molar-refractivity contribution in [1.82, 2.24) is 20.0 Å². The first-order chi connectivity index (χ1) is 10.2. The molecule has 0 atom stereocenters. The highest BCUT2D eigenvalue weighted by molar-refractivity contribution is 5.76. The lowest BCUT2D eigenvalue weighted by Gasteiger charge is -2.23. The predicted molar refractivity (Wildman–Crippen MR) is 78.1 cm³/mol. The lowest BCUT2D eigenvalue weighted by atomic mass is 10.4.